The van der Waals surface area contributed by atoms with Crippen LogP contribution in [0.5, 0.6) is 5.75 Å². The normalized spacial score (nSPS) is 20.3. The van der Waals surface area contributed by atoms with Gasteiger partial charge in [0.15, 0.2) is 5.75 Å². The number of nitrogens with two attached hydrogens (primary N) is 1. The smallest absolute Gasteiger partial charge is 0.225 e. The van der Waals surface area contributed by atoms with Crippen LogP contribution in [0.15, 0.2) is 24.8 Å². The van der Waals surface area contributed by atoms with E-state index >= 15 is 0 Å². The quantitative estimate of drug-likeness (QED) is 0.687. The highest BCUT2D eigenvalue weighted by Gasteiger charge is 2.22. The third-order valence-electron chi connectivity index (χ3n) is 5.65. The fourth-order valence-electron chi connectivity index (χ4n) is 3.97. The van der Waals surface area contributed by atoms with E-state index in [4.69, 9.17) is 22.1 Å². The van der Waals surface area contributed by atoms with Gasteiger partial charge in [0.2, 0.25) is 11.9 Å². The molecule has 2 fully saturated rings. The summed E-state index contributed by atoms with van der Waals surface area (Å²) in [6, 6.07) is 0.222. The van der Waals surface area contributed by atoms with Gasteiger partial charge in [0.1, 0.15) is 0 Å². The van der Waals surface area contributed by atoms with Gasteiger partial charge in [0, 0.05) is 32.2 Å². The SMILES string of the molecule is NC1CCN(c2ncc(OCCCC3CCN(c4ncc(Cl)cn4)CC3)cn2)C1. The molecule has 1 atom stereocenters. The molecule has 2 saturated heterocycles. The van der Waals surface area contributed by atoms with Crippen molar-refractivity contribution in [3.63, 3.8) is 0 Å². The third kappa shape index (κ3) is 5.45. The molecule has 4 heterocycles. The monoisotopic (exact) mass is 417 g/mol. The van der Waals surface area contributed by atoms with E-state index in [1.165, 1.54) is 6.42 Å². The Morgan fingerprint density at radius 2 is 1.55 bits per heavy atom. The summed E-state index contributed by atoms with van der Waals surface area (Å²) >= 11 is 5.86. The Morgan fingerprint density at radius 1 is 0.931 bits per heavy atom. The Kier molecular flexibility index (Phi) is 6.61. The summed E-state index contributed by atoms with van der Waals surface area (Å²) in [4.78, 5) is 21.8. The van der Waals surface area contributed by atoms with E-state index in [2.05, 4.69) is 29.7 Å². The summed E-state index contributed by atoms with van der Waals surface area (Å²) in [5, 5.41) is 0.573. The minimum absolute atomic E-state index is 0.222. The number of hydrogen-bond acceptors (Lipinski definition) is 8. The van der Waals surface area contributed by atoms with Crippen molar-refractivity contribution < 1.29 is 4.74 Å². The molecule has 29 heavy (non-hydrogen) atoms. The van der Waals surface area contributed by atoms with E-state index in [-0.39, 0.29) is 6.04 Å². The summed E-state index contributed by atoms with van der Waals surface area (Å²) in [6.07, 6.45) is 12.3. The molecule has 0 spiro atoms. The lowest BCUT2D eigenvalue weighted by Gasteiger charge is -2.31. The largest absolute Gasteiger partial charge is 0.490 e. The van der Waals surface area contributed by atoms with E-state index in [1.54, 1.807) is 24.8 Å². The van der Waals surface area contributed by atoms with Gasteiger partial charge in [-0.25, -0.2) is 19.9 Å². The predicted molar refractivity (Wildman–Crippen MR) is 114 cm³/mol. The molecule has 0 saturated carbocycles. The maximum atomic E-state index is 5.94. The number of rotatable bonds is 7. The summed E-state index contributed by atoms with van der Waals surface area (Å²) < 4.78 is 5.83. The second-order valence-corrected chi connectivity index (χ2v) is 8.27. The summed E-state index contributed by atoms with van der Waals surface area (Å²) in [7, 11) is 0. The number of anilines is 2. The Bertz CT molecular complexity index is 765. The van der Waals surface area contributed by atoms with Crippen LogP contribution in [0, 0.1) is 5.92 Å². The molecule has 8 nitrogen and oxygen atoms in total. The van der Waals surface area contributed by atoms with Gasteiger partial charge in [0.05, 0.1) is 36.4 Å². The van der Waals surface area contributed by atoms with Crippen LogP contribution in [0.1, 0.15) is 32.1 Å². The van der Waals surface area contributed by atoms with Gasteiger partial charge < -0.3 is 20.3 Å². The number of halogens is 1. The molecule has 0 aromatic carbocycles. The molecular formula is C20H28ClN7O. The molecule has 1 unspecified atom stereocenters. The van der Waals surface area contributed by atoms with Crippen LogP contribution in [0.4, 0.5) is 11.9 Å². The lowest BCUT2D eigenvalue weighted by molar-refractivity contribution is 0.277. The van der Waals surface area contributed by atoms with Gasteiger partial charge >= 0.3 is 0 Å². The number of hydrogen-bond donors (Lipinski definition) is 1. The molecule has 156 valence electrons. The van der Waals surface area contributed by atoms with Crippen molar-refractivity contribution in [1.82, 2.24) is 19.9 Å². The first-order valence-electron chi connectivity index (χ1n) is 10.4. The third-order valence-corrected chi connectivity index (χ3v) is 5.85. The van der Waals surface area contributed by atoms with Gasteiger partial charge in [-0.2, -0.15) is 0 Å². The molecule has 4 rings (SSSR count). The van der Waals surface area contributed by atoms with Crippen LogP contribution < -0.4 is 20.3 Å². The van der Waals surface area contributed by atoms with E-state index in [1.807, 2.05) is 0 Å². The molecule has 0 radical (unpaired) electrons. The van der Waals surface area contributed by atoms with Crippen LogP contribution in [-0.2, 0) is 0 Å². The zero-order chi connectivity index (χ0) is 20.1. The molecule has 2 N–H and O–H groups in total. The minimum atomic E-state index is 0.222. The van der Waals surface area contributed by atoms with Crippen LogP contribution >= 0.6 is 11.6 Å². The number of piperidine rings is 1. The second kappa shape index (κ2) is 9.54. The Morgan fingerprint density at radius 3 is 2.21 bits per heavy atom. The topological polar surface area (TPSA) is 93.3 Å². The molecule has 0 amide bonds. The molecule has 9 heteroatoms. The average molecular weight is 418 g/mol. The highest BCUT2D eigenvalue weighted by molar-refractivity contribution is 6.30. The molecule has 2 aliphatic rings. The van der Waals surface area contributed by atoms with Gasteiger partial charge in [-0.15, -0.1) is 0 Å². The summed E-state index contributed by atoms with van der Waals surface area (Å²) in [5.74, 6) is 2.96. The first-order valence-corrected chi connectivity index (χ1v) is 10.7. The summed E-state index contributed by atoms with van der Waals surface area (Å²) in [6.45, 7) is 4.41. The van der Waals surface area contributed by atoms with Crippen molar-refractivity contribution in [2.75, 3.05) is 42.6 Å². The van der Waals surface area contributed by atoms with Crippen molar-refractivity contribution in [1.29, 1.82) is 0 Å². The highest BCUT2D eigenvalue weighted by Crippen LogP contribution is 2.24. The van der Waals surface area contributed by atoms with E-state index in [0.717, 1.165) is 75.4 Å². The lowest BCUT2D eigenvalue weighted by Crippen LogP contribution is -2.34. The average Bonchev–Trinajstić information content (AvgIpc) is 3.19. The van der Waals surface area contributed by atoms with Crippen LogP contribution in [-0.4, -0.2) is 58.8 Å². The Labute approximate surface area is 176 Å². The molecule has 0 aliphatic carbocycles. The molecule has 2 aliphatic heterocycles. The van der Waals surface area contributed by atoms with Gasteiger partial charge in [-0.1, -0.05) is 11.6 Å². The van der Waals surface area contributed by atoms with Crippen LogP contribution in [0.2, 0.25) is 5.02 Å². The van der Waals surface area contributed by atoms with E-state index in [9.17, 15) is 0 Å². The van der Waals surface area contributed by atoms with Crippen LogP contribution in [0.25, 0.3) is 0 Å². The van der Waals surface area contributed by atoms with Gasteiger partial charge in [0.25, 0.3) is 0 Å². The highest BCUT2D eigenvalue weighted by atomic mass is 35.5. The molecule has 2 aromatic rings. The number of ether oxygens (including phenoxy) is 1. The molecule has 0 bridgehead atoms. The second-order valence-electron chi connectivity index (χ2n) is 7.84. The fourth-order valence-corrected chi connectivity index (χ4v) is 4.07. The predicted octanol–water partition coefficient (Wildman–Crippen LogP) is 2.53. The first kappa shape index (κ1) is 20.1. The summed E-state index contributed by atoms with van der Waals surface area (Å²) in [5.41, 5.74) is 5.94. The van der Waals surface area contributed by atoms with Crippen molar-refractivity contribution in [3.8, 4) is 5.75 Å². The van der Waals surface area contributed by atoms with E-state index in [0.29, 0.717) is 11.6 Å². The van der Waals surface area contributed by atoms with Crippen molar-refractivity contribution >= 4 is 23.5 Å². The zero-order valence-electron chi connectivity index (χ0n) is 16.6. The Hall–Kier alpha value is -2.19. The maximum absolute atomic E-state index is 5.94. The Balaban J connectivity index is 1.14. The standard InChI is InChI=1S/C20H28ClN7O/c21-16-10-23-19(24-11-16)27-6-3-15(4-7-27)2-1-9-29-18-12-25-20(26-13-18)28-8-5-17(22)14-28/h10-13,15,17H,1-9,14,22H2. The van der Waals surface area contributed by atoms with Gasteiger partial charge in [-0.3, -0.25) is 0 Å². The fraction of sp³-hybridized carbons (Fsp3) is 0.600. The van der Waals surface area contributed by atoms with Crippen LogP contribution in [0.3, 0.4) is 0 Å². The van der Waals surface area contributed by atoms with Crippen molar-refractivity contribution in [3.05, 3.63) is 29.8 Å². The van der Waals surface area contributed by atoms with Crippen molar-refractivity contribution in [2.45, 2.75) is 38.1 Å². The number of aromatic nitrogens is 4. The van der Waals surface area contributed by atoms with Crippen molar-refractivity contribution in [2.24, 2.45) is 11.7 Å². The lowest BCUT2D eigenvalue weighted by atomic mass is 9.92. The van der Waals surface area contributed by atoms with Gasteiger partial charge in [-0.05, 0) is 38.0 Å². The number of nitrogens with zero attached hydrogens (tertiary/aromatic N) is 6. The first-order chi connectivity index (χ1) is 14.2. The zero-order valence-corrected chi connectivity index (χ0v) is 17.3. The van der Waals surface area contributed by atoms with E-state index < -0.39 is 0 Å². The maximum Gasteiger partial charge on any atom is 0.225 e. The molecule has 2 aromatic heterocycles. The molecular weight excluding hydrogens is 390 g/mol. The minimum Gasteiger partial charge on any atom is -0.490 e.